The zero-order valence-corrected chi connectivity index (χ0v) is 15.8. The third-order valence-electron chi connectivity index (χ3n) is 4.13. The van der Waals surface area contributed by atoms with Crippen LogP contribution in [0, 0.1) is 13.8 Å². The van der Waals surface area contributed by atoms with Crippen LogP contribution in [0.4, 0.5) is 11.5 Å². The molecular weight excluding hydrogens is 367 g/mol. The van der Waals surface area contributed by atoms with E-state index in [2.05, 4.69) is 10.3 Å². The predicted molar refractivity (Wildman–Crippen MR) is 108 cm³/mol. The zero-order valence-electron chi connectivity index (χ0n) is 14.3. The fourth-order valence-corrected chi connectivity index (χ4v) is 3.22. The molecule has 0 spiro atoms. The summed E-state index contributed by atoms with van der Waals surface area (Å²) in [6, 6.07) is 17.2. The van der Waals surface area contributed by atoms with E-state index in [0.29, 0.717) is 15.8 Å². The van der Waals surface area contributed by atoms with Gasteiger partial charge in [-0.25, -0.2) is 9.97 Å². The van der Waals surface area contributed by atoms with E-state index in [0.717, 1.165) is 34.2 Å². The quantitative estimate of drug-likeness (QED) is 0.467. The maximum atomic E-state index is 6.04. The lowest BCUT2D eigenvalue weighted by atomic mass is 10.1. The van der Waals surface area contributed by atoms with Crippen molar-refractivity contribution < 1.29 is 0 Å². The first-order chi connectivity index (χ1) is 12.5. The lowest BCUT2D eigenvalue weighted by Gasteiger charge is -2.11. The van der Waals surface area contributed by atoms with Gasteiger partial charge in [0, 0.05) is 32.7 Å². The Labute approximate surface area is 161 Å². The second-order valence-electron chi connectivity index (χ2n) is 6.12. The van der Waals surface area contributed by atoms with Gasteiger partial charge in [0.25, 0.3) is 0 Å². The van der Waals surface area contributed by atoms with E-state index in [-0.39, 0.29) is 0 Å². The number of nitrogens with zero attached hydrogens (tertiary/aromatic N) is 3. The Hall–Kier alpha value is -2.56. The third-order valence-corrected chi connectivity index (χ3v) is 4.64. The van der Waals surface area contributed by atoms with Gasteiger partial charge in [-0.2, -0.15) is 0 Å². The number of aryl methyl sites for hydroxylation is 2. The second-order valence-corrected chi connectivity index (χ2v) is 6.99. The van der Waals surface area contributed by atoms with E-state index in [1.54, 1.807) is 0 Å². The minimum Gasteiger partial charge on any atom is -0.339 e. The lowest BCUT2D eigenvalue weighted by molar-refractivity contribution is 1.02. The van der Waals surface area contributed by atoms with Crippen molar-refractivity contribution in [2.45, 2.75) is 13.8 Å². The number of rotatable bonds is 3. The normalized spacial score (nSPS) is 11.1. The fraction of sp³-hybridized carbons (Fsp3) is 0.100. The molecule has 2 aromatic heterocycles. The first-order valence-electron chi connectivity index (χ1n) is 8.16. The maximum absolute atomic E-state index is 6.04. The Balaban J connectivity index is 1.93. The predicted octanol–water partition coefficient (Wildman–Crippen LogP) is 6.06. The molecule has 0 bridgehead atoms. The Morgan fingerprint density at radius 2 is 1.46 bits per heavy atom. The second kappa shape index (κ2) is 6.63. The first-order valence-corrected chi connectivity index (χ1v) is 8.92. The minimum absolute atomic E-state index is 0.656. The molecule has 0 atom stereocenters. The van der Waals surface area contributed by atoms with Crippen molar-refractivity contribution in [2.75, 3.05) is 5.32 Å². The number of fused-ring (bicyclic) bond motifs is 1. The molecule has 6 heteroatoms. The van der Waals surface area contributed by atoms with Crippen LogP contribution in [0.5, 0.6) is 0 Å². The van der Waals surface area contributed by atoms with Gasteiger partial charge >= 0.3 is 0 Å². The van der Waals surface area contributed by atoms with Crippen LogP contribution in [0.25, 0.3) is 17.0 Å². The van der Waals surface area contributed by atoms with Crippen molar-refractivity contribution in [3.63, 3.8) is 0 Å². The number of hydrogen-bond donors (Lipinski definition) is 1. The molecule has 0 amide bonds. The number of anilines is 2. The number of hydrogen-bond acceptors (Lipinski definition) is 3. The SMILES string of the molecule is Cc1cc(C)n2c(Nc3ccc(Cl)cc3)c(-c3ccc(Cl)cc3)nc2n1. The molecule has 0 unspecified atom stereocenters. The molecule has 0 fully saturated rings. The van der Waals surface area contributed by atoms with Gasteiger partial charge in [0.1, 0.15) is 11.5 Å². The van der Waals surface area contributed by atoms with Gasteiger partial charge in [0.15, 0.2) is 0 Å². The van der Waals surface area contributed by atoms with Crippen LogP contribution in [0.15, 0.2) is 54.6 Å². The molecule has 0 saturated carbocycles. The molecular formula is C20H16Cl2N4. The Kier molecular flexibility index (Phi) is 4.31. The van der Waals surface area contributed by atoms with Crippen LogP contribution < -0.4 is 5.32 Å². The molecule has 4 aromatic rings. The molecule has 0 aliphatic heterocycles. The third kappa shape index (κ3) is 3.14. The molecule has 0 saturated heterocycles. The summed E-state index contributed by atoms with van der Waals surface area (Å²) >= 11 is 12.0. The lowest BCUT2D eigenvalue weighted by Crippen LogP contribution is -2.01. The van der Waals surface area contributed by atoms with Crippen molar-refractivity contribution in [1.29, 1.82) is 0 Å². The van der Waals surface area contributed by atoms with Gasteiger partial charge in [-0.15, -0.1) is 0 Å². The first kappa shape index (κ1) is 16.9. The molecule has 26 heavy (non-hydrogen) atoms. The van der Waals surface area contributed by atoms with Gasteiger partial charge in [-0.1, -0.05) is 35.3 Å². The Morgan fingerprint density at radius 3 is 2.12 bits per heavy atom. The summed E-state index contributed by atoms with van der Waals surface area (Å²) in [5.74, 6) is 1.51. The van der Waals surface area contributed by atoms with Crippen molar-refractivity contribution in [3.05, 3.63) is 76.0 Å². The standard InChI is InChI=1S/C20H16Cl2N4/c1-12-11-13(2)26-19(24-17-9-7-16(22)8-10-17)18(25-20(26)23-12)14-3-5-15(21)6-4-14/h3-11,24H,1-2H3. The summed E-state index contributed by atoms with van der Waals surface area (Å²) in [5, 5.41) is 4.85. The van der Waals surface area contributed by atoms with Crippen LogP contribution in [0.3, 0.4) is 0 Å². The molecule has 0 radical (unpaired) electrons. The number of nitrogens with one attached hydrogen (secondary N) is 1. The van der Waals surface area contributed by atoms with E-state index < -0.39 is 0 Å². The summed E-state index contributed by atoms with van der Waals surface area (Å²) in [7, 11) is 0. The minimum atomic E-state index is 0.656. The Morgan fingerprint density at radius 1 is 0.846 bits per heavy atom. The molecule has 0 aliphatic rings. The maximum Gasteiger partial charge on any atom is 0.236 e. The molecule has 1 N–H and O–H groups in total. The summed E-state index contributed by atoms with van der Waals surface area (Å²) in [5.41, 5.74) is 4.69. The van der Waals surface area contributed by atoms with Gasteiger partial charge in [0.2, 0.25) is 5.78 Å². The van der Waals surface area contributed by atoms with E-state index in [9.17, 15) is 0 Å². The molecule has 0 aliphatic carbocycles. The summed E-state index contributed by atoms with van der Waals surface area (Å²) in [4.78, 5) is 9.35. The van der Waals surface area contributed by atoms with Crippen LogP contribution in [-0.4, -0.2) is 14.4 Å². The van der Waals surface area contributed by atoms with Crippen molar-refractivity contribution in [2.24, 2.45) is 0 Å². The van der Waals surface area contributed by atoms with Crippen molar-refractivity contribution >= 4 is 40.5 Å². The zero-order chi connectivity index (χ0) is 18.3. The molecule has 4 nitrogen and oxygen atoms in total. The number of aromatic nitrogens is 3. The molecule has 2 aromatic carbocycles. The topological polar surface area (TPSA) is 42.2 Å². The van der Waals surface area contributed by atoms with Gasteiger partial charge in [0.05, 0.1) is 0 Å². The summed E-state index contributed by atoms with van der Waals surface area (Å²) in [6.07, 6.45) is 0. The van der Waals surface area contributed by atoms with Crippen molar-refractivity contribution in [3.8, 4) is 11.3 Å². The molecule has 130 valence electrons. The monoisotopic (exact) mass is 382 g/mol. The number of benzene rings is 2. The Bertz CT molecular complexity index is 1080. The van der Waals surface area contributed by atoms with E-state index >= 15 is 0 Å². The highest BCUT2D eigenvalue weighted by Crippen LogP contribution is 2.32. The van der Waals surface area contributed by atoms with E-state index in [1.165, 1.54) is 0 Å². The van der Waals surface area contributed by atoms with Crippen molar-refractivity contribution in [1.82, 2.24) is 14.4 Å². The van der Waals surface area contributed by atoms with Gasteiger partial charge in [-0.3, -0.25) is 4.40 Å². The van der Waals surface area contributed by atoms with Crippen LogP contribution in [-0.2, 0) is 0 Å². The van der Waals surface area contributed by atoms with Crippen LogP contribution in [0.2, 0.25) is 10.0 Å². The van der Waals surface area contributed by atoms with Crippen LogP contribution >= 0.6 is 23.2 Å². The average Bonchev–Trinajstić information content (AvgIpc) is 2.96. The summed E-state index contributed by atoms with van der Waals surface area (Å²) in [6.45, 7) is 4.01. The highest BCUT2D eigenvalue weighted by molar-refractivity contribution is 6.30. The highest BCUT2D eigenvalue weighted by Gasteiger charge is 2.17. The van der Waals surface area contributed by atoms with Gasteiger partial charge in [-0.05, 0) is 56.3 Å². The highest BCUT2D eigenvalue weighted by atomic mass is 35.5. The van der Waals surface area contributed by atoms with Gasteiger partial charge < -0.3 is 5.32 Å². The number of imidazole rings is 1. The average molecular weight is 383 g/mol. The van der Waals surface area contributed by atoms with Crippen LogP contribution in [0.1, 0.15) is 11.4 Å². The fourth-order valence-electron chi connectivity index (χ4n) is 2.97. The number of halogens is 2. The molecule has 2 heterocycles. The summed E-state index contributed by atoms with van der Waals surface area (Å²) < 4.78 is 2.02. The van der Waals surface area contributed by atoms with E-state index in [1.807, 2.05) is 72.8 Å². The smallest absolute Gasteiger partial charge is 0.236 e. The molecule has 4 rings (SSSR count). The van der Waals surface area contributed by atoms with E-state index in [4.69, 9.17) is 28.2 Å². The largest absolute Gasteiger partial charge is 0.339 e.